The number of aromatic nitrogens is 1. The van der Waals surface area contributed by atoms with E-state index in [0.717, 1.165) is 22.3 Å². The number of rotatable bonds is 6. The van der Waals surface area contributed by atoms with E-state index < -0.39 is 0 Å². The fourth-order valence-corrected chi connectivity index (χ4v) is 3.74. The van der Waals surface area contributed by atoms with Crippen molar-refractivity contribution in [1.82, 2.24) is 10.3 Å². The lowest BCUT2D eigenvalue weighted by Crippen LogP contribution is -2.24. The number of hydrogen-bond donors (Lipinski definition) is 2. The molecule has 1 aromatic carbocycles. The molecule has 1 aromatic heterocycles. The minimum atomic E-state index is 0.116. The maximum atomic E-state index is 6.04. The number of benzene rings is 1. The Morgan fingerprint density at radius 3 is 2.95 bits per heavy atom. The first-order valence-corrected chi connectivity index (χ1v) is 8.78. The molecular weight excluding hydrogens is 370 g/mol. The summed E-state index contributed by atoms with van der Waals surface area (Å²) in [5.41, 5.74) is 6.94. The van der Waals surface area contributed by atoms with Gasteiger partial charge in [-0.3, -0.25) is 0 Å². The van der Waals surface area contributed by atoms with Gasteiger partial charge in [-0.25, -0.2) is 4.98 Å². The topological polar surface area (TPSA) is 50.9 Å². The van der Waals surface area contributed by atoms with Crippen LogP contribution in [0, 0.1) is 0 Å². The van der Waals surface area contributed by atoms with Crippen molar-refractivity contribution in [3.63, 3.8) is 0 Å². The number of nitrogen functional groups attached to an aromatic ring is 1. The van der Waals surface area contributed by atoms with Crippen molar-refractivity contribution >= 4 is 45.1 Å². The standard InChI is InChI=1S/C15H17BrClN3S/c1-2-19-14(13-7-11(17)8-20-15(13)18)9-21-12-5-3-4-10(16)6-12/h3-8,14,19H,2,9H2,1H3,(H2,18,20). The first-order chi connectivity index (χ1) is 10.1. The Morgan fingerprint density at radius 2 is 2.24 bits per heavy atom. The van der Waals surface area contributed by atoms with Gasteiger partial charge < -0.3 is 11.1 Å². The molecule has 21 heavy (non-hydrogen) atoms. The second kappa shape index (κ2) is 8.03. The van der Waals surface area contributed by atoms with Crippen LogP contribution >= 0.6 is 39.3 Å². The summed E-state index contributed by atoms with van der Waals surface area (Å²) in [7, 11) is 0. The van der Waals surface area contributed by atoms with Gasteiger partial charge in [0.05, 0.1) is 5.02 Å². The minimum Gasteiger partial charge on any atom is -0.383 e. The predicted molar refractivity (Wildman–Crippen MR) is 94.9 cm³/mol. The van der Waals surface area contributed by atoms with Gasteiger partial charge >= 0.3 is 0 Å². The first-order valence-electron chi connectivity index (χ1n) is 6.62. The average Bonchev–Trinajstić information content (AvgIpc) is 2.46. The van der Waals surface area contributed by atoms with Crippen molar-refractivity contribution < 1.29 is 0 Å². The van der Waals surface area contributed by atoms with Crippen LogP contribution in [-0.2, 0) is 0 Å². The van der Waals surface area contributed by atoms with Crippen LogP contribution in [0.1, 0.15) is 18.5 Å². The summed E-state index contributed by atoms with van der Waals surface area (Å²) < 4.78 is 1.08. The van der Waals surface area contributed by atoms with Crippen LogP contribution in [0.5, 0.6) is 0 Å². The van der Waals surface area contributed by atoms with E-state index in [0.29, 0.717) is 10.8 Å². The number of anilines is 1. The molecule has 0 bridgehead atoms. The van der Waals surface area contributed by atoms with Gasteiger partial charge in [-0.1, -0.05) is 40.5 Å². The Kier molecular flexibility index (Phi) is 6.36. The Balaban J connectivity index is 2.13. The zero-order valence-electron chi connectivity index (χ0n) is 11.6. The molecule has 0 saturated heterocycles. The third-order valence-corrected chi connectivity index (χ3v) is 4.74. The number of nitrogens with one attached hydrogen (secondary N) is 1. The number of thioether (sulfide) groups is 1. The average molecular weight is 387 g/mol. The fraction of sp³-hybridized carbons (Fsp3) is 0.267. The summed E-state index contributed by atoms with van der Waals surface area (Å²) in [6.07, 6.45) is 1.57. The lowest BCUT2D eigenvalue weighted by molar-refractivity contribution is 0.606. The summed E-state index contributed by atoms with van der Waals surface area (Å²) in [5.74, 6) is 1.39. The van der Waals surface area contributed by atoms with Crippen LogP contribution in [0.3, 0.4) is 0 Å². The molecule has 1 atom stereocenters. The summed E-state index contributed by atoms with van der Waals surface area (Å²) in [5, 5.41) is 4.05. The van der Waals surface area contributed by atoms with Crippen LogP contribution in [0.4, 0.5) is 5.82 Å². The zero-order valence-corrected chi connectivity index (χ0v) is 14.8. The van der Waals surface area contributed by atoms with E-state index in [1.807, 2.05) is 18.2 Å². The predicted octanol–water partition coefficient (Wildman–Crippen LogP) is 4.52. The second-order valence-corrected chi connectivity index (χ2v) is 6.95. The van der Waals surface area contributed by atoms with Gasteiger partial charge in [0.15, 0.2) is 0 Å². The molecule has 2 rings (SSSR count). The van der Waals surface area contributed by atoms with Crippen LogP contribution in [-0.4, -0.2) is 17.3 Å². The fourth-order valence-electron chi connectivity index (χ4n) is 1.99. The highest BCUT2D eigenvalue weighted by Crippen LogP contribution is 2.29. The lowest BCUT2D eigenvalue weighted by atomic mass is 10.1. The molecule has 3 nitrogen and oxygen atoms in total. The quantitative estimate of drug-likeness (QED) is 0.717. The highest BCUT2D eigenvalue weighted by atomic mass is 79.9. The normalized spacial score (nSPS) is 12.3. The van der Waals surface area contributed by atoms with E-state index in [1.165, 1.54) is 4.90 Å². The maximum absolute atomic E-state index is 6.04. The van der Waals surface area contributed by atoms with Crippen molar-refractivity contribution in [1.29, 1.82) is 0 Å². The SMILES string of the molecule is CCNC(CSc1cccc(Br)c1)c1cc(Cl)cnc1N. The van der Waals surface area contributed by atoms with E-state index in [-0.39, 0.29) is 6.04 Å². The molecule has 1 unspecified atom stereocenters. The summed E-state index contributed by atoms with van der Waals surface area (Å²) in [6.45, 7) is 2.93. The third kappa shape index (κ3) is 4.88. The molecule has 6 heteroatoms. The zero-order chi connectivity index (χ0) is 15.2. The maximum Gasteiger partial charge on any atom is 0.128 e. The molecule has 0 aliphatic heterocycles. The molecule has 0 aliphatic rings. The number of halogens is 2. The molecule has 0 amide bonds. The van der Waals surface area contributed by atoms with E-state index in [4.69, 9.17) is 17.3 Å². The number of nitrogens with two attached hydrogens (primary N) is 1. The molecule has 0 fully saturated rings. The third-order valence-electron chi connectivity index (χ3n) is 2.95. The molecule has 0 saturated carbocycles. The Morgan fingerprint density at radius 1 is 1.43 bits per heavy atom. The summed E-state index contributed by atoms with van der Waals surface area (Å²) in [6, 6.07) is 10.3. The van der Waals surface area contributed by atoms with Gasteiger partial charge in [0.2, 0.25) is 0 Å². The van der Waals surface area contributed by atoms with E-state index >= 15 is 0 Å². The van der Waals surface area contributed by atoms with Crippen LogP contribution in [0.2, 0.25) is 5.02 Å². The first kappa shape index (κ1) is 16.6. The van der Waals surface area contributed by atoms with Gasteiger partial charge in [0.25, 0.3) is 0 Å². The molecule has 1 heterocycles. The summed E-state index contributed by atoms with van der Waals surface area (Å²) in [4.78, 5) is 5.35. The van der Waals surface area contributed by atoms with Crippen LogP contribution < -0.4 is 11.1 Å². The number of pyridine rings is 1. The van der Waals surface area contributed by atoms with E-state index in [9.17, 15) is 0 Å². The Bertz CT molecular complexity index is 609. The van der Waals surface area contributed by atoms with Crippen LogP contribution in [0.15, 0.2) is 45.9 Å². The van der Waals surface area contributed by atoms with Gasteiger partial charge in [-0.05, 0) is 30.8 Å². The Labute approximate surface area is 142 Å². The highest BCUT2D eigenvalue weighted by molar-refractivity contribution is 9.10. The minimum absolute atomic E-state index is 0.116. The molecule has 0 radical (unpaired) electrons. The number of hydrogen-bond acceptors (Lipinski definition) is 4. The smallest absolute Gasteiger partial charge is 0.128 e. The van der Waals surface area contributed by atoms with Crippen molar-refractivity contribution in [2.24, 2.45) is 0 Å². The highest BCUT2D eigenvalue weighted by Gasteiger charge is 2.15. The molecule has 0 aliphatic carbocycles. The van der Waals surface area contributed by atoms with Gasteiger partial charge in [-0.2, -0.15) is 0 Å². The Hall–Kier alpha value is -0.750. The van der Waals surface area contributed by atoms with Crippen molar-refractivity contribution in [2.75, 3.05) is 18.0 Å². The van der Waals surface area contributed by atoms with E-state index in [1.54, 1.807) is 18.0 Å². The number of nitrogens with zero attached hydrogens (tertiary/aromatic N) is 1. The van der Waals surface area contributed by atoms with Crippen molar-refractivity contribution in [3.8, 4) is 0 Å². The van der Waals surface area contributed by atoms with Crippen molar-refractivity contribution in [2.45, 2.75) is 17.9 Å². The second-order valence-electron chi connectivity index (χ2n) is 4.51. The monoisotopic (exact) mass is 385 g/mol. The lowest BCUT2D eigenvalue weighted by Gasteiger charge is -2.19. The van der Waals surface area contributed by atoms with Gasteiger partial charge in [0, 0.05) is 32.9 Å². The molecular formula is C15H17BrClN3S. The van der Waals surface area contributed by atoms with E-state index in [2.05, 4.69) is 45.3 Å². The van der Waals surface area contributed by atoms with Gasteiger partial charge in [0.1, 0.15) is 5.82 Å². The summed E-state index contributed by atoms with van der Waals surface area (Å²) >= 11 is 11.3. The van der Waals surface area contributed by atoms with Crippen LogP contribution in [0.25, 0.3) is 0 Å². The molecule has 3 N–H and O–H groups in total. The van der Waals surface area contributed by atoms with Gasteiger partial charge in [-0.15, -0.1) is 11.8 Å². The largest absolute Gasteiger partial charge is 0.383 e. The van der Waals surface area contributed by atoms with Crippen molar-refractivity contribution in [3.05, 3.63) is 51.6 Å². The molecule has 112 valence electrons. The molecule has 0 spiro atoms. The molecule has 2 aromatic rings.